The molecule has 21 heavy (non-hydrogen) atoms. The van der Waals surface area contributed by atoms with Gasteiger partial charge >= 0.3 is 5.97 Å². The number of halogens is 1. The summed E-state index contributed by atoms with van der Waals surface area (Å²) in [6, 6.07) is 3.58. The van der Waals surface area contributed by atoms with E-state index in [1.165, 1.54) is 7.11 Å². The lowest BCUT2D eigenvalue weighted by atomic mass is 10.0. The Morgan fingerprint density at radius 1 is 1.29 bits per heavy atom. The van der Waals surface area contributed by atoms with Crippen LogP contribution in [0.4, 0.5) is 0 Å². The molecule has 5 heteroatoms. The third-order valence-electron chi connectivity index (χ3n) is 3.17. The van der Waals surface area contributed by atoms with E-state index in [1.807, 2.05) is 33.8 Å². The average molecular weight is 352 g/mol. The van der Waals surface area contributed by atoms with Crippen molar-refractivity contribution in [1.82, 2.24) is 4.98 Å². The van der Waals surface area contributed by atoms with E-state index >= 15 is 0 Å². The maximum Gasteiger partial charge on any atom is 0.356 e. The van der Waals surface area contributed by atoms with Gasteiger partial charge in [0.15, 0.2) is 5.69 Å². The first kappa shape index (κ1) is 15.8. The molecule has 112 valence electrons. The molecule has 1 aromatic carbocycles. The summed E-state index contributed by atoms with van der Waals surface area (Å²) in [5.41, 5.74) is 3.09. The van der Waals surface area contributed by atoms with Gasteiger partial charge in [0.25, 0.3) is 0 Å². The first-order chi connectivity index (χ1) is 9.85. The van der Waals surface area contributed by atoms with Crippen molar-refractivity contribution in [3.8, 4) is 5.75 Å². The van der Waals surface area contributed by atoms with Crippen molar-refractivity contribution < 1.29 is 14.3 Å². The lowest BCUT2D eigenvalue weighted by Crippen LogP contribution is -2.10. The molecule has 1 heterocycles. The average Bonchev–Trinajstić information content (AvgIpc) is 2.42. The second kappa shape index (κ2) is 6.02. The van der Waals surface area contributed by atoms with Crippen LogP contribution in [0.25, 0.3) is 10.9 Å². The van der Waals surface area contributed by atoms with Gasteiger partial charge in [-0.3, -0.25) is 0 Å². The Bertz CT molecular complexity index is 710. The number of ether oxygens (including phenoxy) is 2. The maximum atomic E-state index is 11.8. The highest BCUT2D eigenvalue weighted by atomic mass is 79.9. The van der Waals surface area contributed by atoms with Crippen molar-refractivity contribution in [2.75, 3.05) is 7.11 Å². The maximum absolute atomic E-state index is 11.8. The number of carbonyl (C=O) groups is 1. The summed E-state index contributed by atoms with van der Waals surface area (Å²) in [4.78, 5) is 16.2. The van der Waals surface area contributed by atoms with Crippen molar-refractivity contribution in [2.45, 2.75) is 33.8 Å². The van der Waals surface area contributed by atoms with Crippen LogP contribution < -0.4 is 4.74 Å². The zero-order chi connectivity index (χ0) is 15.7. The highest BCUT2D eigenvalue weighted by Gasteiger charge is 2.17. The van der Waals surface area contributed by atoms with Gasteiger partial charge in [0, 0.05) is 15.9 Å². The monoisotopic (exact) mass is 351 g/mol. The molecular formula is C16H18BrNO3. The summed E-state index contributed by atoms with van der Waals surface area (Å²) in [7, 11) is 1.34. The van der Waals surface area contributed by atoms with E-state index in [9.17, 15) is 4.79 Å². The van der Waals surface area contributed by atoms with Gasteiger partial charge in [0.05, 0.1) is 18.7 Å². The first-order valence-electron chi connectivity index (χ1n) is 6.70. The van der Waals surface area contributed by atoms with Crippen LogP contribution in [0.1, 0.15) is 35.5 Å². The lowest BCUT2D eigenvalue weighted by Gasteiger charge is -2.16. The zero-order valence-corrected chi connectivity index (χ0v) is 14.4. The number of hydrogen-bond donors (Lipinski definition) is 0. The van der Waals surface area contributed by atoms with Crippen LogP contribution in [0, 0.1) is 13.8 Å². The molecule has 0 bridgehead atoms. The molecule has 0 aliphatic heterocycles. The minimum atomic E-state index is -0.469. The molecule has 0 atom stereocenters. The minimum absolute atomic E-state index is 0.000533. The van der Waals surface area contributed by atoms with Crippen molar-refractivity contribution in [3.05, 3.63) is 33.4 Å². The normalized spacial score (nSPS) is 11.0. The third-order valence-corrected chi connectivity index (χ3v) is 4.39. The summed E-state index contributed by atoms with van der Waals surface area (Å²) in [5, 5.41) is 0.911. The smallest absolute Gasteiger partial charge is 0.356 e. The van der Waals surface area contributed by atoms with Crippen LogP contribution in [0.2, 0.25) is 0 Å². The molecule has 0 saturated carbocycles. The molecule has 4 nitrogen and oxygen atoms in total. The topological polar surface area (TPSA) is 48.4 Å². The number of nitrogens with zero attached hydrogens (tertiary/aromatic N) is 1. The van der Waals surface area contributed by atoms with Crippen LogP contribution in [0.5, 0.6) is 5.75 Å². The molecule has 0 fully saturated rings. The second-order valence-electron chi connectivity index (χ2n) is 5.19. The van der Waals surface area contributed by atoms with E-state index in [4.69, 9.17) is 9.47 Å². The Morgan fingerprint density at radius 2 is 1.95 bits per heavy atom. The molecule has 0 unspecified atom stereocenters. The van der Waals surface area contributed by atoms with E-state index in [0.29, 0.717) is 5.75 Å². The third kappa shape index (κ3) is 3.02. The van der Waals surface area contributed by atoms with Crippen molar-refractivity contribution in [2.24, 2.45) is 0 Å². The summed E-state index contributed by atoms with van der Waals surface area (Å²) >= 11 is 3.59. The molecule has 2 rings (SSSR count). The SMILES string of the molecule is COC(=O)c1cc(OC(C)C)c2c(C)c(Br)c(C)cc2n1. The van der Waals surface area contributed by atoms with Crippen LogP contribution in [-0.2, 0) is 4.74 Å². The quantitative estimate of drug-likeness (QED) is 0.778. The lowest BCUT2D eigenvalue weighted by molar-refractivity contribution is 0.0593. The molecule has 0 radical (unpaired) electrons. The summed E-state index contributed by atoms with van der Waals surface area (Å²) < 4.78 is 11.7. The number of esters is 1. The van der Waals surface area contributed by atoms with Gasteiger partial charge in [-0.2, -0.15) is 0 Å². The van der Waals surface area contributed by atoms with Gasteiger partial charge in [-0.05, 0) is 44.9 Å². The first-order valence-corrected chi connectivity index (χ1v) is 7.49. The summed E-state index contributed by atoms with van der Waals surface area (Å²) in [5.74, 6) is 0.178. The molecule has 0 aliphatic carbocycles. The Morgan fingerprint density at radius 3 is 2.52 bits per heavy atom. The van der Waals surface area contributed by atoms with Crippen molar-refractivity contribution >= 4 is 32.8 Å². The number of methoxy groups -OCH3 is 1. The fourth-order valence-corrected chi connectivity index (χ4v) is 2.56. The van der Waals surface area contributed by atoms with Gasteiger partial charge in [-0.25, -0.2) is 9.78 Å². The predicted molar refractivity (Wildman–Crippen MR) is 86.0 cm³/mol. The fourth-order valence-electron chi connectivity index (χ4n) is 2.25. The molecule has 0 N–H and O–H groups in total. The largest absolute Gasteiger partial charge is 0.490 e. The molecule has 0 aliphatic rings. The molecule has 0 saturated heterocycles. The van der Waals surface area contributed by atoms with Gasteiger partial charge in [0.2, 0.25) is 0 Å². The molecule has 2 aromatic rings. The van der Waals surface area contributed by atoms with E-state index in [0.717, 1.165) is 26.5 Å². The Kier molecular flexibility index (Phi) is 4.52. The van der Waals surface area contributed by atoms with Gasteiger partial charge < -0.3 is 9.47 Å². The number of hydrogen-bond acceptors (Lipinski definition) is 4. The van der Waals surface area contributed by atoms with E-state index < -0.39 is 5.97 Å². The van der Waals surface area contributed by atoms with E-state index in [1.54, 1.807) is 6.07 Å². The van der Waals surface area contributed by atoms with Crippen LogP contribution >= 0.6 is 15.9 Å². The number of aromatic nitrogens is 1. The predicted octanol–water partition coefficient (Wildman–Crippen LogP) is 4.19. The van der Waals surface area contributed by atoms with Crippen LogP contribution in [0.3, 0.4) is 0 Å². The van der Waals surface area contributed by atoms with E-state index in [2.05, 4.69) is 20.9 Å². The van der Waals surface area contributed by atoms with E-state index in [-0.39, 0.29) is 11.8 Å². The Balaban J connectivity index is 2.81. The highest BCUT2D eigenvalue weighted by Crippen LogP contribution is 2.35. The number of rotatable bonds is 3. The number of aryl methyl sites for hydroxylation is 2. The number of benzene rings is 1. The van der Waals surface area contributed by atoms with Gasteiger partial charge in [-0.15, -0.1) is 0 Å². The van der Waals surface area contributed by atoms with Crippen molar-refractivity contribution in [3.63, 3.8) is 0 Å². The number of pyridine rings is 1. The summed E-state index contributed by atoms with van der Waals surface area (Å²) in [6.07, 6.45) is 0.000533. The Hall–Kier alpha value is -1.62. The summed E-state index contributed by atoms with van der Waals surface area (Å²) in [6.45, 7) is 7.89. The molecule has 0 amide bonds. The number of carbonyl (C=O) groups excluding carboxylic acids is 1. The van der Waals surface area contributed by atoms with Gasteiger partial charge in [-0.1, -0.05) is 15.9 Å². The molecule has 1 aromatic heterocycles. The number of fused-ring (bicyclic) bond motifs is 1. The van der Waals surface area contributed by atoms with Gasteiger partial charge in [0.1, 0.15) is 5.75 Å². The Labute approximate surface area is 132 Å². The fraction of sp³-hybridized carbons (Fsp3) is 0.375. The zero-order valence-electron chi connectivity index (χ0n) is 12.8. The molecular weight excluding hydrogens is 334 g/mol. The minimum Gasteiger partial charge on any atom is -0.490 e. The van der Waals surface area contributed by atoms with Crippen LogP contribution in [-0.4, -0.2) is 24.2 Å². The molecule has 0 spiro atoms. The van der Waals surface area contributed by atoms with Crippen LogP contribution in [0.15, 0.2) is 16.6 Å². The highest BCUT2D eigenvalue weighted by molar-refractivity contribution is 9.10. The second-order valence-corrected chi connectivity index (χ2v) is 5.98. The van der Waals surface area contributed by atoms with Crippen molar-refractivity contribution in [1.29, 1.82) is 0 Å². The standard InChI is InChI=1S/C16H18BrNO3/c1-8(2)21-13-7-12(16(19)20-5)18-11-6-9(3)15(17)10(4)14(11)13/h6-8H,1-5H3.